The summed E-state index contributed by atoms with van der Waals surface area (Å²) in [6.07, 6.45) is -0.809. The SMILES string of the molecule is C=C1C(CCl)=C(C(=O)OCc2ccc(OC)cc2)N2C(=O)[C@@H](NC(=O)/C(=N\OC(C)(C)C(=O)OC(C)(C)C)c3csc(NC(=O)OC(C)(C)C)n3)[C@H]2S1=O. The lowest BCUT2D eigenvalue weighted by molar-refractivity contribution is -0.179. The molecule has 1 unspecified atom stereocenters. The van der Waals surface area contributed by atoms with Crippen molar-refractivity contribution in [2.24, 2.45) is 5.16 Å². The van der Waals surface area contributed by atoms with Crippen molar-refractivity contribution in [2.45, 2.75) is 90.2 Å². The number of thiazole rings is 1. The number of hydrogen-bond donors (Lipinski definition) is 2. The van der Waals surface area contributed by atoms with E-state index >= 15 is 0 Å². The first-order chi connectivity index (χ1) is 25.1. The Hall–Kier alpha value is -4.81. The number of allylic oxidation sites excluding steroid dienone is 1. The first kappa shape index (κ1) is 41.9. The van der Waals surface area contributed by atoms with Crippen LogP contribution in [0.4, 0.5) is 9.93 Å². The molecule has 0 bridgehead atoms. The Kier molecular flexibility index (Phi) is 12.6. The van der Waals surface area contributed by atoms with Gasteiger partial charge in [-0.2, -0.15) is 0 Å². The maximum absolute atomic E-state index is 13.9. The van der Waals surface area contributed by atoms with Crippen molar-refractivity contribution in [2.75, 3.05) is 18.3 Å². The van der Waals surface area contributed by atoms with Gasteiger partial charge in [0.25, 0.3) is 11.8 Å². The number of oxime groups is 1. The molecule has 2 N–H and O–H groups in total. The number of fused-ring (bicyclic) bond motifs is 1. The van der Waals surface area contributed by atoms with E-state index in [1.807, 2.05) is 0 Å². The average molecular weight is 808 g/mol. The van der Waals surface area contributed by atoms with Crippen LogP contribution in [-0.4, -0.2) is 90.9 Å². The van der Waals surface area contributed by atoms with Crippen LogP contribution in [0.5, 0.6) is 5.75 Å². The molecule has 2 aromatic rings. The minimum Gasteiger partial charge on any atom is -0.497 e. The van der Waals surface area contributed by atoms with Gasteiger partial charge in [-0.25, -0.2) is 19.4 Å². The van der Waals surface area contributed by atoms with Crippen LogP contribution in [0.15, 0.2) is 57.6 Å². The van der Waals surface area contributed by atoms with Crippen molar-refractivity contribution >= 4 is 74.4 Å². The van der Waals surface area contributed by atoms with Gasteiger partial charge in [-0.05, 0) is 73.1 Å². The van der Waals surface area contributed by atoms with Crippen molar-refractivity contribution in [1.29, 1.82) is 0 Å². The number of nitrogens with zero attached hydrogens (tertiary/aromatic N) is 3. The maximum atomic E-state index is 13.9. The Morgan fingerprint density at radius 1 is 1.04 bits per heavy atom. The maximum Gasteiger partial charge on any atom is 0.413 e. The van der Waals surface area contributed by atoms with Crippen molar-refractivity contribution in [1.82, 2.24) is 15.2 Å². The predicted octanol–water partition coefficient (Wildman–Crippen LogP) is 4.51. The van der Waals surface area contributed by atoms with Crippen LogP contribution in [0.25, 0.3) is 0 Å². The Morgan fingerprint density at radius 2 is 1.67 bits per heavy atom. The van der Waals surface area contributed by atoms with Crippen LogP contribution in [0.2, 0.25) is 0 Å². The number of alkyl halides is 1. The van der Waals surface area contributed by atoms with Gasteiger partial charge in [-0.1, -0.05) is 23.9 Å². The predicted molar refractivity (Wildman–Crippen MR) is 200 cm³/mol. The zero-order valence-electron chi connectivity index (χ0n) is 31.2. The normalized spacial score (nSPS) is 19.0. The lowest BCUT2D eigenvalue weighted by Gasteiger charge is -2.49. The molecule has 54 heavy (non-hydrogen) atoms. The largest absolute Gasteiger partial charge is 0.497 e. The lowest BCUT2D eigenvalue weighted by Crippen LogP contribution is -2.73. The molecule has 3 heterocycles. The molecule has 2 aliphatic rings. The van der Waals surface area contributed by atoms with Crippen molar-refractivity contribution in [3.63, 3.8) is 0 Å². The number of carbonyl (C=O) groups excluding carboxylic acids is 5. The molecule has 1 aromatic carbocycles. The number of carbonyl (C=O) groups is 5. The van der Waals surface area contributed by atoms with Crippen LogP contribution in [-0.2, 0) is 55.6 Å². The molecule has 0 spiro atoms. The molecule has 4 rings (SSSR count). The molecule has 2 aliphatic heterocycles. The molecule has 19 heteroatoms. The molecular weight excluding hydrogens is 766 g/mol. The Morgan fingerprint density at radius 3 is 2.24 bits per heavy atom. The number of halogens is 1. The third-order valence-corrected chi connectivity index (χ3v) is 10.0. The van der Waals surface area contributed by atoms with E-state index in [0.29, 0.717) is 11.3 Å². The molecular formula is C35H42ClN5O11S2. The van der Waals surface area contributed by atoms with Crippen molar-refractivity contribution < 1.29 is 52.0 Å². The molecule has 292 valence electrons. The van der Waals surface area contributed by atoms with E-state index in [9.17, 15) is 28.2 Å². The summed E-state index contributed by atoms with van der Waals surface area (Å²) in [5, 5.41) is 9.05. The Balaban J connectivity index is 1.61. The average Bonchev–Trinajstić information content (AvgIpc) is 3.53. The van der Waals surface area contributed by atoms with E-state index in [0.717, 1.165) is 16.2 Å². The van der Waals surface area contributed by atoms with Crippen LogP contribution in [0.3, 0.4) is 0 Å². The summed E-state index contributed by atoms with van der Waals surface area (Å²) >= 11 is 7.08. The van der Waals surface area contributed by atoms with Crippen LogP contribution < -0.4 is 15.4 Å². The molecule has 3 atom stereocenters. The number of amides is 3. The number of ether oxygens (including phenoxy) is 4. The second-order valence-corrected chi connectivity index (χ2v) is 17.1. The number of anilines is 1. The molecule has 1 fully saturated rings. The van der Waals surface area contributed by atoms with Gasteiger partial charge in [0.05, 0.1) is 23.8 Å². The van der Waals surface area contributed by atoms with E-state index in [1.165, 1.54) is 26.3 Å². The summed E-state index contributed by atoms with van der Waals surface area (Å²) in [5.41, 5.74) is -3.58. The van der Waals surface area contributed by atoms with E-state index in [1.54, 1.807) is 65.8 Å². The topological polar surface area (TPSA) is 201 Å². The zero-order valence-corrected chi connectivity index (χ0v) is 33.6. The monoisotopic (exact) mass is 807 g/mol. The van der Waals surface area contributed by atoms with Crippen LogP contribution in [0.1, 0.15) is 66.6 Å². The Bertz CT molecular complexity index is 1930. The van der Waals surface area contributed by atoms with Gasteiger partial charge >= 0.3 is 18.0 Å². The summed E-state index contributed by atoms with van der Waals surface area (Å²) in [6.45, 7) is 16.5. The van der Waals surface area contributed by atoms with Crippen LogP contribution >= 0.6 is 22.9 Å². The third kappa shape index (κ3) is 9.83. The molecule has 0 aliphatic carbocycles. The smallest absolute Gasteiger partial charge is 0.413 e. The zero-order chi connectivity index (χ0) is 40.3. The Labute approximate surface area is 323 Å². The first-order valence-electron chi connectivity index (χ1n) is 16.4. The minimum atomic E-state index is -2.03. The highest BCUT2D eigenvalue weighted by atomic mass is 35.5. The number of hydrogen-bond acceptors (Lipinski definition) is 14. The van der Waals surface area contributed by atoms with E-state index < -0.39 is 74.6 Å². The number of nitrogens with one attached hydrogen (secondary N) is 2. The summed E-state index contributed by atoms with van der Waals surface area (Å²) < 4.78 is 35.0. The highest BCUT2D eigenvalue weighted by Crippen LogP contribution is 2.40. The number of esters is 2. The van der Waals surface area contributed by atoms with Gasteiger partial charge < -0.3 is 29.1 Å². The fourth-order valence-corrected chi connectivity index (χ4v) is 7.32. The number of rotatable bonds is 12. The number of methoxy groups -OCH3 is 1. The highest BCUT2D eigenvalue weighted by molar-refractivity contribution is 7.90. The summed E-state index contributed by atoms with van der Waals surface area (Å²) in [5.74, 6) is -3.25. The molecule has 1 aromatic heterocycles. The minimum absolute atomic E-state index is 0.0249. The third-order valence-electron chi connectivity index (χ3n) is 7.34. The highest BCUT2D eigenvalue weighted by Gasteiger charge is 2.58. The van der Waals surface area contributed by atoms with E-state index in [-0.39, 0.29) is 39.5 Å². The molecule has 3 amide bonds. The van der Waals surface area contributed by atoms with Gasteiger partial charge in [0.2, 0.25) is 5.60 Å². The van der Waals surface area contributed by atoms with Crippen molar-refractivity contribution in [3.05, 3.63) is 63.7 Å². The van der Waals surface area contributed by atoms with Gasteiger partial charge in [0, 0.05) is 15.9 Å². The second kappa shape index (κ2) is 16.3. The van der Waals surface area contributed by atoms with Gasteiger partial charge in [-0.3, -0.25) is 24.0 Å². The number of benzene rings is 1. The quantitative estimate of drug-likeness (QED) is 0.0761. The summed E-state index contributed by atoms with van der Waals surface area (Å²) in [7, 11) is -0.514. The molecule has 0 radical (unpaired) electrons. The standard InChI is InChI=1S/C35H42ClN5O11S2/c1-18-21(15-36)25(29(44)49-16-19-11-13-20(48-10)14-12-19)41-27(43)24(28(41)54(18)47)38-26(42)23(40-52-35(8,9)30(45)50-33(2,3)4)22-17-53-31(37-22)39-32(46)51-34(5,6)7/h11-14,17,24,28H,1,15-16H2,2-10H3,(H,38,42)(H,37,39,46)/b40-23-/t24-,28-,54?/m1/s1. The first-order valence-corrected chi connectivity index (χ1v) is 19.0. The summed E-state index contributed by atoms with van der Waals surface area (Å²) in [4.78, 5) is 77.1. The van der Waals surface area contributed by atoms with Crippen LogP contribution in [0, 0.1) is 0 Å². The van der Waals surface area contributed by atoms with E-state index in [2.05, 4.69) is 27.4 Å². The molecule has 16 nitrogen and oxygen atoms in total. The fraction of sp³-hybridized carbons (Fsp3) is 0.457. The molecule has 1 saturated heterocycles. The number of β-lactam (4-membered cyclic amide) rings is 1. The fourth-order valence-electron chi connectivity index (χ4n) is 4.74. The van der Waals surface area contributed by atoms with Gasteiger partial charge in [0.1, 0.15) is 46.4 Å². The number of aromatic nitrogens is 1. The van der Waals surface area contributed by atoms with E-state index in [4.69, 9.17) is 35.4 Å². The summed E-state index contributed by atoms with van der Waals surface area (Å²) in [6, 6.07) is 5.31. The second-order valence-electron chi connectivity index (χ2n) is 14.4. The van der Waals surface area contributed by atoms with Gasteiger partial charge in [0.15, 0.2) is 10.8 Å². The molecule has 0 saturated carbocycles. The lowest BCUT2D eigenvalue weighted by atomic mass is 10.0. The van der Waals surface area contributed by atoms with Gasteiger partial charge in [-0.15, -0.1) is 22.9 Å². The van der Waals surface area contributed by atoms with Crippen molar-refractivity contribution in [3.8, 4) is 5.75 Å².